The van der Waals surface area contributed by atoms with Gasteiger partial charge in [0, 0.05) is 38.2 Å². The number of aromatic amines is 1. The molecule has 0 saturated carbocycles. The van der Waals surface area contributed by atoms with E-state index in [2.05, 4.69) is 15.6 Å². The van der Waals surface area contributed by atoms with Crippen LogP contribution in [0.25, 0.3) is 11.1 Å². The zero-order chi connectivity index (χ0) is 34.7. The minimum absolute atomic E-state index is 0.0706. The number of hydrogen-bond acceptors (Lipinski definition) is 9. The number of carbonyl (C=O) groups excluding carboxylic acids is 3. The van der Waals surface area contributed by atoms with E-state index in [-0.39, 0.29) is 25.5 Å². The Labute approximate surface area is 277 Å². The number of benzene rings is 2. The van der Waals surface area contributed by atoms with Crippen LogP contribution in [0.2, 0.25) is 0 Å². The Morgan fingerprint density at radius 2 is 1.69 bits per heavy atom. The molecule has 0 unspecified atom stereocenters. The fraction of sp³-hybridized carbons (Fsp3) is 0.441. The SMILES string of the molecule is C[C@@H]([C@H](NC(=O)OC(C)(C)C)C(=O)NC[C@H]1C[C@@H](O)[C@H](n2ccc(=O)[nH]c2=O)O1)N(C)C(=O)OCC1c2ccccc2-c2ccccc21. The molecule has 2 heterocycles. The molecule has 14 heteroatoms. The smallest absolute Gasteiger partial charge is 0.409 e. The van der Waals surface area contributed by atoms with Gasteiger partial charge in [0.05, 0.1) is 12.1 Å². The number of alkyl carbamates (subject to hydrolysis) is 1. The summed E-state index contributed by atoms with van der Waals surface area (Å²) in [6.45, 7) is 6.62. The quantitative estimate of drug-likeness (QED) is 0.267. The lowest BCUT2D eigenvalue weighted by Crippen LogP contribution is -2.59. The second-order valence-electron chi connectivity index (χ2n) is 13.0. The maximum atomic E-state index is 13.6. The van der Waals surface area contributed by atoms with Crippen LogP contribution < -0.4 is 21.9 Å². The fourth-order valence-electron chi connectivity index (χ4n) is 5.99. The van der Waals surface area contributed by atoms with Gasteiger partial charge in [-0.15, -0.1) is 0 Å². The summed E-state index contributed by atoms with van der Waals surface area (Å²) in [5, 5.41) is 15.8. The van der Waals surface area contributed by atoms with Crippen molar-refractivity contribution in [2.24, 2.45) is 0 Å². The number of carbonyl (C=O) groups is 3. The highest BCUT2D eigenvalue weighted by Crippen LogP contribution is 2.44. The third-order valence-electron chi connectivity index (χ3n) is 8.47. The van der Waals surface area contributed by atoms with E-state index in [4.69, 9.17) is 14.2 Å². The minimum atomic E-state index is -1.27. The number of H-pyrrole nitrogens is 1. The van der Waals surface area contributed by atoms with Crippen molar-refractivity contribution in [2.75, 3.05) is 20.2 Å². The highest BCUT2D eigenvalue weighted by Gasteiger charge is 2.38. The Balaban J connectivity index is 1.25. The third-order valence-corrected chi connectivity index (χ3v) is 8.47. The maximum absolute atomic E-state index is 13.6. The lowest BCUT2D eigenvalue weighted by Gasteiger charge is -2.32. The Bertz CT molecular complexity index is 1740. The van der Waals surface area contributed by atoms with E-state index in [0.29, 0.717) is 0 Å². The van der Waals surface area contributed by atoms with Crippen molar-refractivity contribution in [1.82, 2.24) is 25.1 Å². The number of aliphatic hydroxyl groups is 1. The highest BCUT2D eigenvalue weighted by molar-refractivity contribution is 5.87. The summed E-state index contributed by atoms with van der Waals surface area (Å²) in [7, 11) is 1.48. The minimum Gasteiger partial charge on any atom is -0.448 e. The van der Waals surface area contributed by atoms with Crippen LogP contribution in [-0.4, -0.2) is 87.7 Å². The molecule has 5 atom stereocenters. The molecule has 2 aliphatic rings. The Kier molecular flexibility index (Phi) is 10.1. The molecule has 4 N–H and O–H groups in total. The lowest BCUT2D eigenvalue weighted by atomic mass is 9.98. The van der Waals surface area contributed by atoms with Gasteiger partial charge in [0.1, 0.15) is 24.4 Å². The van der Waals surface area contributed by atoms with Gasteiger partial charge in [0.15, 0.2) is 6.23 Å². The fourth-order valence-corrected chi connectivity index (χ4v) is 5.99. The number of nitrogens with zero attached hydrogens (tertiary/aromatic N) is 2. The molecule has 14 nitrogen and oxygen atoms in total. The Morgan fingerprint density at radius 1 is 1.06 bits per heavy atom. The van der Waals surface area contributed by atoms with Gasteiger partial charge >= 0.3 is 17.9 Å². The molecule has 0 spiro atoms. The van der Waals surface area contributed by atoms with Crippen molar-refractivity contribution in [1.29, 1.82) is 0 Å². The molecule has 1 aliphatic heterocycles. The molecular formula is C34H41N5O9. The topological polar surface area (TPSA) is 181 Å². The number of rotatable bonds is 9. The first kappa shape index (κ1) is 34.4. The molecule has 1 aliphatic carbocycles. The van der Waals surface area contributed by atoms with Crippen LogP contribution in [-0.2, 0) is 19.0 Å². The first-order valence-electron chi connectivity index (χ1n) is 15.7. The van der Waals surface area contributed by atoms with Crippen molar-refractivity contribution in [3.63, 3.8) is 0 Å². The first-order valence-corrected chi connectivity index (χ1v) is 15.7. The molecule has 0 radical (unpaired) electrons. The average molecular weight is 664 g/mol. The zero-order valence-corrected chi connectivity index (χ0v) is 27.5. The van der Waals surface area contributed by atoms with E-state index >= 15 is 0 Å². The molecule has 2 aromatic carbocycles. The van der Waals surface area contributed by atoms with E-state index in [1.165, 1.54) is 18.1 Å². The zero-order valence-electron chi connectivity index (χ0n) is 27.5. The molecule has 1 saturated heterocycles. The van der Waals surface area contributed by atoms with Gasteiger partial charge < -0.3 is 34.9 Å². The number of nitrogens with one attached hydrogen (secondary N) is 3. The van der Waals surface area contributed by atoms with Crippen LogP contribution in [0.4, 0.5) is 9.59 Å². The predicted molar refractivity (Wildman–Crippen MR) is 174 cm³/mol. The second kappa shape index (κ2) is 14.0. The number of amides is 3. The molecule has 0 bridgehead atoms. The summed E-state index contributed by atoms with van der Waals surface area (Å²) in [4.78, 5) is 66.7. The Hall–Kier alpha value is -4.95. The third kappa shape index (κ3) is 7.60. The van der Waals surface area contributed by atoms with Gasteiger partial charge in [-0.3, -0.25) is 19.1 Å². The van der Waals surface area contributed by atoms with Gasteiger partial charge in [-0.25, -0.2) is 14.4 Å². The van der Waals surface area contributed by atoms with Crippen LogP contribution >= 0.6 is 0 Å². The van der Waals surface area contributed by atoms with Crippen molar-refractivity contribution in [3.8, 4) is 11.1 Å². The lowest BCUT2D eigenvalue weighted by molar-refractivity contribution is -0.125. The molecule has 256 valence electrons. The summed E-state index contributed by atoms with van der Waals surface area (Å²) in [6.07, 6.45) is -3.13. The largest absolute Gasteiger partial charge is 0.448 e. The van der Waals surface area contributed by atoms with Gasteiger partial charge in [0.2, 0.25) is 5.91 Å². The van der Waals surface area contributed by atoms with Gasteiger partial charge in [-0.05, 0) is 49.9 Å². The normalized spacial score (nSPS) is 19.8. The summed E-state index contributed by atoms with van der Waals surface area (Å²) in [5.74, 6) is -0.809. The van der Waals surface area contributed by atoms with Crippen LogP contribution in [0.3, 0.4) is 0 Å². The highest BCUT2D eigenvalue weighted by atomic mass is 16.6. The summed E-state index contributed by atoms with van der Waals surface area (Å²) in [5.41, 5.74) is 2.09. The first-order chi connectivity index (χ1) is 22.7. The standard InChI is InChI=1S/C34H41N5O9/c1-19(38(5)33(45)46-18-25-23-12-8-6-10-21(23)22-11-7-9-13-24(22)25)28(37-32(44)48-34(2,3)4)29(42)35-17-20-16-26(40)30(47-20)39-15-14-27(41)36-31(39)43/h6-15,19-20,25-26,28,30,40H,16-18H2,1-5H3,(H,35,42)(H,37,44)(H,36,41,43)/t19-,20+,26+,28-,30+/m0/s1. The summed E-state index contributed by atoms with van der Waals surface area (Å²) < 4.78 is 18.0. The van der Waals surface area contributed by atoms with E-state index in [1.54, 1.807) is 27.7 Å². The van der Waals surface area contributed by atoms with Crippen LogP contribution in [0.5, 0.6) is 0 Å². The summed E-state index contributed by atoms with van der Waals surface area (Å²) in [6, 6.07) is 14.9. The van der Waals surface area contributed by atoms with Gasteiger partial charge in [-0.1, -0.05) is 48.5 Å². The molecule has 3 amide bonds. The number of hydrogen-bond donors (Lipinski definition) is 4. The second-order valence-corrected chi connectivity index (χ2v) is 13.0. The van der Waals surface area contributed by atoms with Crippen LogP contribution in [0.1, 0.15) is 57.4 Å². The number of likely N-dealkylation sites (N-methyl/N-ethyl adjacent to an activating group) is 1. The predicted octanol–water partition coefficient (Wildman–Crippen LogP) is 2.46. The van der Waals surface area contributed by atoms with Crippen LogP contribution in [0, 0.1) is 0 Å². The van der Waals surface area contributed by atoms with E-state index in [0.717, 1.165) is 32.9 Å². The number of ether oxygens (including phenoxy) is 3. The molecule has 1 fully saturated rings. The van der Waals surface area contributed by atoms with Gasteiger partial charge in [0.25, 0.3) is 5.56 Å². The number of aliphatic hydroxyl groups excluding tert-OH is 1. The molecule has 5 rings (SSSR count). The van der Waals surface area contributed by atoms with E-state index < -0.39 is 65.5 Å². The summed E-state index contributed by atoms with van der Waals surface area (Å²) >= 11 is 0. The van der Waals surface area contributed by atoms with Crippen molar-refractivity contribution in [3.05, 3.63) is 92.8 Å². The molecule has 48 heavy (non-hydrogen) atoms. The van der Waals surface area contributed by atoms with Crippen molar-refractivity contribution >= 4 is 18.1 Å². The van der Waals surface area contributed by atoms with Crippen molar-refractivity contribution in [2.45, 2.75) is 76.2 Å². The molecule has 1 aromatic heterocycles. The average Bonchev–Trinajstić information content (AvgIpc) is 3.56. The van der Waals surface area contributed by atoms with E-state index in [1.807, 2.05) is 48.5 Å². The van der Waals surface area contributed by atoms with Crippen LogP contribution in [0.15, 0.2) is 70.4 Å². The number of fused-ring (bicyclic) bond motifs is 3. The Morgan fingerprint density at radius 3 is 2.29 bits per heavy atom. The monoisotopic (exact) mass is 663 g/mol. The maximum Gasteiger partial charge on any atom is 0.409 e. The van der Waals surface area contributed by atoms with Gasteiger partial charge in [-0.2, -0.15) is 0 Å². The van der Waals surface area contributed by atoms with Crippen molar-refractivity contribution < 1.29 is 33.7 Å². The van der Waals surface area contributed by atoms with E-state index in [9.17, 15) is 29.1 Å². The molecule has 3 aromatic rings. The molecular weight excluding hydrogens is 622 g/mol. The number of aromatic nitrogens is 2.